The van der Waals surface area contributed by atoms with Crippen molar-refractivity contribution in [1.29, 1.82) is 0 Å². The summed E-state index contributed by atoms with van der Waals surface area (Å²) in [5.74, 6) is 0.738. The standard InChI is InChI=1S/C18H18N2O4/c1-22-13-10-9-12(18(21)24-3)14-15(13)20-17(19-14)16(23-2)11-7-5-4-6-8-11/h4-10,16H,1-3H3,(H,19,20). The summed E-state index contributed by atoms with van der Waals surface area (Å²) in [6.45, 7) is 0. The number of carbonyl (C=O) groups excluding carboxylic acids is 1. The Morgan fingerprint density at radius 1 is 1.08 bits per heavy atom. The zero-order valence-corrected chi connectivity index (χ0v) is 13.7. The van der Waals surface area contributed by atoms with Crippen LogP contribution in [-0.4, -0.2) is 37.3 Å². The number of hydrogen-bond acceptors (Lipinski definition) is 5. The average molecular weight is 326 g/mol. The number of aromatic nitrogens is 2. The van der Waals surface area contributed by atoms with E-state index in [4.69, 9.17) is 14.2 Å². The van der Waals surface area contributed by atoms with Gasteiger partial charge in [0, 0.05) is 7.11 Å². The van der Waals surface area contributed by atoms with Crippen molar-refractivity contribution in [3.05, 3.63) is 59.4 Å². The summed E-state index contributed by atoms with van der Waals surface area (Å²) in [7, 11) is 4.52. The second-order valence-corrected chi connectivity index (χ2v) is 5.18. The molecule has 1 aromatic heterocycles. The van der Waals surface area contributed by atoms with E-state index in [0.29, 0.717) is 28.2 Å². The molecule has 1 atom stereocenters. The third-order valence-corrected chi connectivity index (χ3v) is 3.84. The summed E-state index contributed by atoms with van der Waals surface area (Å²) >= 11 is 0. The average Bonchev–Trinajstić information content (AvgIpc) is 3.06. The minimum Gasteiger partial charge on any atom is -0.494 e. The van der Waals surface area contributed by atoms with Crippen LogP contribution in [0.2, 0.25) is 0 Å². The first-order chi connectivity index (χ1) is 11.7. The smallest absolute Gasteiger partial charge is 0.340 e. The number of nitrogens with zero attached hydrogens (tertiary/aromatic N) is 1. The Hall–Kier alpha value is -2.86. The molecule has 0 aliphatic heterocycles. The van der Waals surface area contributed by atoms with E-state index in [1.165, 1.54) is 7.11 Å². The lowest BCUT2D eigenvalue weighted by molar-refractivity contribution is 0.0602. The quantitative estimate of drug-likeness (QED) is 0.729. The van der Waals surface area contributed by atoms with Gasteiger partial charge in [-0.1, -0.05) is 30.3 Å². The number of methoxy groups -OCH3 is 3. The van der Waals surface area contributed by atoms with Gasteiger partial charge in [-0.05, 0) is 17.7 Å². The summed E-state index contributed by atoms with van der Waals surface area (Å²) in [4.78, 5) is 19.8. The molecule has 0 spiro atoms. The highest BCUT2D eigenvalue weighted by atomic mass is 16.5. The number of nitrogens with one attached hydrogen (secondary N) is 1. The van der Waals surface area contributed by atoms with Crippen LogP contribution in [0.25, 0.3) is 11.0 Å². The normalized spacial score (nSPS) is 12.1. The van der Waals surface area contributed by atoms with Crippen molar-refractivity contribution in [2.75, 3.05) is 21.3 Å². The maximum atomic E-state index is 12.0. The van der Waals surface area contributed by atoms with Crippen LogP contribution in [0.4, 0.5) is 0 Å². The number of imidazole rings is 1. The number of esters is 1. The molecule has 1 unspecified atom stereocenters. The zero-order chi connectivity index (χ0) is 17.1. The molecule has 0 fully saturated rings. The van der Waals surface area contributed by atoms with Crippen LogP contribution in [0.3, 0.4) is 0 Å². The lowest BCUT2D eigenvalue weighted by Crippen LogP contribution is -2.05. The van der Waals surface area contributed by atoms with Crippen molar-refractivity contribution in [3.8, 4) is 5.75 Å². The molecule has 6 nitrogen and oxygen atoms in total. The van der Waals surface area contributed by atoms with Gasteiger partial charge in [-0.25, -0.2) is 9.78 Å². The Morgan fingerprint density at radius 3 is 2.46 bits per heavy atom. The van der Waals surface area contributed by atoms with Crippen LogP contribution in [0.1, 0.15) is 27.8 Å². The fraction of sp³-hybridized carbons (Fsp3) is 0.222. The molecule has 24 heavy (non-hydrogen) atoms. The van der Waals surface area contributed by atoms with Gasteiger partial charge >= 0.3 is 5.97 Å². The van der Waals surface area contributed by atoms with Gasteiger partial charge in [-0.2, -0.15) is 0 Å². The number of H-pyrrole nitrogens is 1. The number of rotatable bonds is 5. The molecule has 0 radical (unpaired) electrons. The van der Waals surface area contributed by atoms with Gasteiger partial charge in [0.2, 0.25) is 0 Å². The second-order valence-electron chi connectivity index (χ2n) is 5.18. The van der Waals surface area contributed by atoms with Gasteiger partial charge in [0.25, 0.3) is 0 Å². The van der Waals surface area contributed by atoms with E-state index in [1.807, 2.05) is 30.3 Å². The second kappa shape index (κ2) is 6.72. The Bertz CT molecular complexity index is 858. The Balaban J connectivity index is 2.17. The van der Waals surface area contributed by atoms with Crippen LogP contribution in [0.15, 0.2) is 42.5 Å². The molecule has 2 aromatic carbocycles. The molecule has 3 aromatic rings. The number of aromatic amines is 1. The highest BCUT2D eigenvalue weighted by Gasteiger charge is 2.22. The molecule has 124 valence electrons. The molecular formula is C18H18N2O4. The van der Waals surface area contributed by atoms with E-state index in [1.54, 1.807) is 26.4 Å². The maximum absolute atomic E-state index is 12.0. The van der Waals surface area contributed by atoms with Crippen LogP contribution in [0, 0.1) is 0 Å². The van der Waals surface area contributed by atoms with Crippen molar-refractivity contribution < 1.29 is 19.0 Å². The van der Waals surface area contributed by atoms with Crippen LogP contribution in [0.5, 0.6) is 5.75 Å². The third-order valence-electron chi connectivity index (χ3n) is 3.84. The van der Waals surface area contributed by atoms with Crippen molar-refractivity contribution >= 4 is 17.0 Å². The molecule has 0 saturated carbocycles. The number of benzene rings is 2. The zero-order valence-electron chi connectivity index (χ0n) is 13.7. The maximum Gasteiger partial charge on any atom is 0.340 e. The first kappa shape index (κ1) is 16.0. The van der Waals surface area contributed by atoms with E-state index < -0.39 is 5.97 Å². The largest absolute Gasteiger partial charge is 0.494 e. The monoisotopic (exact) mass is 326 g/mol. The lowest BCUT2D eigenvalue weighted by Gasteiger charge is -2.12. The number of fused-ring (bicyclic) bond motifs is 1. The minimum atomic E-state index is -0.450. The predicted molar refractivity (Wildman–Crippen MR) is 89.3 cm³/mol. The van der Waals surface area contributed by atoms with E-state index >= 15 is 0 Å². The molecular weight excluding hydrogens is 308 g/mol. The predicted octanol–water partition coefficient (Wildman–Crippen LogP) is 3.09. The van der Waals surface area contributed by atoms with E-state index in [-0.39, 0.29) is 6.10 Å². The highest BCUT2D eigenvalue weighted by Crippen LogP contribution is 2.31. The molecule has 3 rings (SSSR count). The molecule has 0 bridgehead atoms. The Morgan fingerprint density at radius 2 is 1.83 bits per heavy atom. The number of ether oxygens (including phenoxy) is 3. The SMILES string of the molecule is COC(=O)c1ccc(OC)c2[nH]c(C(OC)c3ccccc3)nc12. The van der Waals surface area contributed by atoms with Crippen molar-refractivity contribution in [2.45, 2.75) is 6.10 Å². The van der Waals surface area contributed by atoms with Gasteiger partial charge < -0.3 is 19.2 Å². The highest BCUT2D eigenvalue weighted by molar-refractivity contribution is 6.03. The number of carbonyl (C=O) groups is 1. The van der Waals surface area contributed by atoms with Gasteiger partial charge in [-0.3, -0.25) is 0 Å². The van der Waals surface area contributed by atoms with Crippen LogP contribution < -0.4 is 4.74 Å². The molecule has 1 heterocycles. The molecule has 0 amide bonds. The molecule has 0 aliphatic carbocycles. The number of hydrogen-bond donors (Lipinski definition) is 1. The lowest BCUT2D eigenvalue weighted by atomic mass is 10.1. The Labute approximate surface area is 139 Å². The van der Waals surface area contributed by atoms with Gasteiger partial charge in [0.1, 0.15) is 28.7 Å². The van der Waals surface area contributed by atoms with Crippen LogP contribution in [-0.2, 0) is 9.47 Å². The van der Waals surface area contributed by atoms with Crippen molar-refractivity contribution in [3.63, 3.8) is 0 Å². The van der Waals surface area contributed by atoms with Crippen LogP contribution >= 0.6 is 0 Å². The van der Waals surface area contributed by atoms with E-state index in [2.05, 4.69) is 9.97 Å². The minimum absolute atomic E-state index is 0.374. The summed E-state index contributed by atoms with van der Waals surface area (Å²) in [5, 5.41) is 0. The summed E-state index contributed by atoms with van der Waals surface area (Å²) in [6, 6.07) is 13.1. The topological polar surface area (TPSA) is 73.4 Å². The summed E-state index contributed by atoms with van der Waals surface area (Å²) < 4.78 is 15.8. The van der Waals surface area contributed by atoms with Gasteiger partial charge in [-0.15, -0.1) is 0 Å². The van der Waals surface area contributed by atoms with E-state index in [9.17, 15) is 4.79 Å². The van der Waals surface area contributed by atoms with E-state index in [0.717, 1.165) is 5.56 Å². The molecule has 0 aliphatic rings. The van der Waals surface area contributed by atoms with Crippen molar-refractivity contribution in [1.82, 2.24) is 9.97 Å². The fourth-order valence-electron chi connectivity index (χ4n) is 2.69. The summed E-state index contributed by atoms with van der Waals surface area (Å²) in [5.41, 5.74) is 2.46. The third kappa shape index (κ3) is 2.72. The molecule has 1 N–H and O–H groups in total. The molecule has 6 heteroatoms. The molecule has 0 saturated heterocycles. The first-order valence-electron chi connectivity index (χ1n) is 7.42. The van der Waals surface area contributed by atoms with Gasteiger partial charge in [0.15, 0.2) is 0 Å². The first-order valence-corrected chi connectivity index (χ1v) is 7.42. The van der Waals surface area contributed by atoms with Gasteiger partial charge in [0.05, 0.1) is 19.8 Å². The van der Waals surface area contributed by atoms with Crippen molar-refractivity contribution in [2.24, 2.45) is 0 Å². The Kier molecular flexibility index (Phi) is 4.48. The summed E-state index contributed by atoms with van der Waals surface area (Å²) in [6.07, 6.45) is -0.381. The fourth-order valence-corrected chi connectivity index (χ4v) is 2.69.